The van der Waals surface area contributed by atoms with Crippen LogP contribution in [-0.4, -0.2) is 29.5 Å². The summed E-state index contributed by atoms with van der Waals surface area (Å²) >= 11 is 0. The average Bonchev–Trinajstić information content (AvgIpc) is 3.30. The monoisotopic (exact) mass is 547 g/mol. The number of unbranched alkanes of at least 4 members (excludes halogenated alkanes) is 3. The van der Waals surface area contributed by atoms with E-state index in [0.29, 0.717) is 36.0 Å². The Morgan fingerprint density at radius 3 is 2.25 bits per heavy atom. The third-order valence-electron chi connectivity index (χ3n) is 7.83. The van der Waals surface area contributed by atoms with Crippen molar-refractivity contribution in [3.05, 3.63) is 106 Å². The van der Waals surface area contributed by atoms with E-state index in [9.17, 15) is 18.4 Å². The Balaban J connectivity index is 1.41. The third kappa shape index (κ3) is 7.56. The van der Waals surface area contributed by atoms with Gasteiger partial charge in [-0.2, -0.15) is 0 Å². The summed E-state index contributed by atoms with van der Waals surface area (Å²) in [5.41, 5.74) is 4.84. The van der Waals surface area contributed by atoms with Crippen molar-refractivity contribution in [2.45, 2.75) is 78.2 Å². The number of ether oxygens (including phenoxy) is 1. The van der Waals surface area contributed by atoms with Crippen molar-refractivity contribution < 1.29 is 23.1 Å². The summed E-state index contributed by atoms with van der Waals surface area (Å²) in [6.45, 7) is 5.43. The molecule has 0 N–H and O–H groups in total. The highest BCUT2D eigenvalue weighted by Gasteiger charge is 2.40. The number of hydrogen-bond donors (Lipinski definition) is 0. The summed E-state index contributed by atoms with van der Waals surface area (Å²) in [5, 5.41) is 0. The number of hydrogen-bond acceptors (Lipinski definition) is 3. The maximum Gasteiger partial charge on any atom is 0.416 e. The minimum atomic E-state index is -0.586. The zero-order chi connectivity index (χ0) is 28.6. The van der Waals surface area contributed by atoms with Crippen LogP contribution in [0.5, 0.6) is 0 Å². The molecule has 40 heavy (non-hydrogen) atoms. The molecule has 6 heteroatoms. The molecule has 0 spiro atoms. The summed E-state index contributed by atoms with van der Waals surface area (Å²) in [6, 6.07) is 18.3. The number of carbonyl (C=O) groups is 2. The van der Waals surface area contributed by atoms with Crippen molar-refractivity contribution in [1.29, 1.82) is 0 Å². The van der Waals surface area contributed by atoms with Gasteiger partial charge >= 0.3 is 6.09 Å². The molecule has 3 aromatic carbocycles. The fraction of sp³-hybridized carbons (Fsp3) is 0.412. The summed E-state index contributed by atoms with van der Waals surface area (Å²) in [6.07, 6.45) is 5.68. The first-order chi connectivity index (χ1) is 19.2. The van der Waals surface area contributed by atoms with Crippen molar-refractivity contribution in [2.24, 2.45) is 5.92 Å². The summed E-state index contributed by atoms with van der Waals surface area (Å²) < 4.78 is 33.2. The normalized spacial score (nSPS) is 15.8. The number of halogens is 2. The largest absolute Gasteiger partial charge is 0.447 e. The molecule has 2 amide bonds. The number of imide groups is 1. The molecule has 1 saturated heterocycles. The summed E-state index contributed by atoms with van der Waals surface area (Å²) in [5.74, 6) is -1.04. The van der Waals surface area contributed by atoms with E-state index in [1.54, 1.807) is 32.9 Å². The van der Waals surface area contributed by atoms with Crippen LogP contribution in [-0.2, 0) is 28.8 Å². The maximum absolute atomic E-state index is 14.3. The molecule has 1 aliphatic rings. The Labute approximate surface area is 236 Å². The van der Waals surface area contributed by atoms with Gasteiger partial charge in [-0.1, -0.05) is 73.9 Å². The van der Waals surface area contributed by atoms with E-state index < -0.39 is 12.0 Å². The highest BCUT2D eigenvalue weighted by atomic mass is 19.1. The van der Waals surface area contributed by atoms with Crippen LogP contribution in [0.2, 0.25) is 0 Å². The number of rotatable bonds is 12. The lowest BCUT2D eigenvalue weighted by atomic mass is 9.90. The van der Waals surface area contributed by atoms with E-state index in [1.165, 1.54) is 11.0 Å². The molecule has 1 aliphatic heterocycles. The second-order valence-electron chi connectivity index (χ2n) is 11.1. The molecule has 0 radical (unpaired) electrons. The van der Waals surface area contributed by atoms with Crippen LogP contribution in [0.25, 0.3) is 0 Å². The van der Waals surface area contributed by atoms with Crippen LogP contribution in [0.3, 0.4) is 0 Å². The predicted molar refractivity (Wildman–Crippen MR) is 153 cm³/mol. The first-order valence-corrected chi connectivity index (χ1v) is 14.3. The number of amides is 2. The molecule has 0 bridgehead atoms. The molecule has 2 atom stereocenters. The first kappa shape index (κ1) is 29.4. The van der Waals surface area contributed by atoms with Gasteiger partial charge in [-0.25, -0.2) is 18.5 Å². The third-order valence-corrected chi connectivity index (χ3v) is 7.83. The van der Waals surface area contributed by atoms with Gasteiger partial charge in [-0.05, 0) is 92.3 Å². The van der Waals surface area contributed by atoms with Gasteiger partial charge in [-0.3, -0.25) is 4.79 Å². The molecule has 0 unspecified atom stereocenters. The van der Waals surface area contributed by atoms with E-state index in [0.717, 1.165) is 48.8 Å². The van der Waals surface area contributed by atoms with E-state index in [2.05, 4.69) is 0 Å². The number of nitrogens with zero attached hydrogens (tertiary/aromatic N) is 1. The van der Waals surface area contributed by atoms with Crippen LogP contribution >= 0.6 is 0 Å². The molecule has 0 saturated carbocycles. The van der Waals surface area contributed by atoms with Gasteiger partial charge in [-0.15, -0.1) is 0 Å². The Bertz CT molecular complexity index is 1300. The SMILES string of the molecule is Cc1cc(CCCCCC[C@@H](Cc2cc(C)c(F)c(C)c2)C(=O)N2C(=O)OC[C@H]2Cc2ccccc2)ccc1F. The Morgan fingerprint density at radius 1 is 0.875 bits per heavy atom. The standard InChI is InChI=1S/C34H39F2NO3/c1-23-17-27(15-16-31(23)35)13-7-4-5-10-14-29(20-28-18-24(2)32(36)25(3)19-28)33(38)37-30(22-40-34(37)39)21-26-11-8-6-9-12-26/h6,8-9,11-12,15-19,29-30H,4-5,7,10,13-14,20-22H2,1-3H3/t29-,30+/m0/s1. The zero-order valence-electron chi connectivity index (χ0n) is 23.7. The lowest BCUT2D eigenvalue weighted by molar-refractivity contribution is -0.133. The molecular weight excluding hydrogens is 508 g/mol. The van der Waals surface area contributed by atoms with E-state index in [-0.39, 0.29) is 30.2 Å². The summed E-state index contributed by atoms with van der Waals surface area (Å²) in [7, 11) is 0. The van der Waals surface area contributed by atoms with E-state index in [1.807, 2.05) is 42.5 Å². The second kappa shape index (κ2) is 13.7. The van der Waals surface area contributed by atoms with Crippen molar-refractivity contribution in [1.82, 2.24) is 4.90 Å². The van der Waals surface area contributed by atoms with Gasteiger partial charge in [0.1, 0.15) is 18.2 Å². The second-order valence-corrected chi connectivity index (χ2v) is 11.1. The number of benzene rings is 3. The maximum atomic E-state index is 14.3. The smallest absolute Gasteiger partial charge is 0.416 e. The van der Waals surface area contributed by atoms with Crippen LogP contribution in [0, 0.1) is 38.3 Å². The lowest BCUT2D eigenvalue weighted by Gasteiger charge is -2.25. The van der Waals surface area contributed by atoms with Crippen LogP contribution < -0.4 is 0 Å². The van der Waals surface area contributed by atoms with E-state index in [4.69, 9.17) is 4.74 Å². The molecule has 4 nitrogen and oxygen atoms in total. The molecular formula is C34H39F2NO3. The Kier molecular flexibility index (Phi) is 10.1. The molecule has 212 valence electrons. The lowest BCUT2D eigenvalue weighted by Crippen LogP contribution is -2.44. The van der Waals surface area contributed by atoms with Crippen molar-refractivity contribution >= 4 is 12.0 Å². The highest BCUT2D eigenvalue weighted by molar-refractivity contribution is 5.95. The van der Waals surface area contributed by atoms with Gasteiger partial charge in [0.15, 0.2) is 0 Å². The molecule has 3 aromatic rings. The minimum absolute atomic E-state index is 0.182. The number of carbonyl (C=O) groups excluding carboxylic acids is 2. The average molecular weight is 548 g/mol. The Hall–Kier alpha value is -3.54. The quantitative estimate of drug-likeness (QED) is 0.217. The minimum Gasteiger partial charge on any atom is -0.447 e. The van der Waals surface area contributed by atoms with Crippen molar-refractivity contribution in [3.63, 3.8) is 0 Å². The van der Waals surface area contributed by atoms with Crippen LogP contribution in [0.4, 0.5) is 13.6 Å². The van der Waals surface area contributed by atoms with Crippen molar-refractivity contribution in [3.8, 4) is 0 Å². The van der Waals surface area contributed by atoms with Gasteiger partial charge < -0.3 is 4.74 Å². The number of aryl methyl sites for hydroxylation is 4. The molecule has 0 aromatic heterocycles. The van der Waals surface area contributed by atoms with Crippen LogP contribution in [0.15, 0.2) is 60.7 Å². The fourth-order valence-electron chi connectivity index (χ4n) is 5.65. The molecule has 1 heterocycles. The van der Waals surface area contributed by atoms with Gasteiger partial charge in [0.2, 0.25) is 5.91 Å². The topological polar surface area (TPSA) is 46.6 Å². The molecule has 4 rings (SSSR count). The predicted octanol–water partition coefficient (Wildman–Crippen LogP) is 7.83. The zero-order valence-corrected chi connectivity index (χ0v) is 23.7. The first-order valence-electron chi connectivity index (χ1n) is 14.3. The van der Waals surface area contributed by atoms with Gasteiger partial charge in [0, 0.05) is 5.92 Å². The van der Waals surface area contributed by atoms with Gasteiger partial charge in [0.25, 0.3) is 0 Å². The van der Waals surface area contributed by atoms with Gasteiger partial charge in [0.05, 0.1) is 6.04 Å². The summed E-state index contributed by atoms with van der Waals surface area (Å²) in [4.78, 5) is 27.9. The van der Waals surface area contributed by atoms with Crippen molar-refractivity contribution in [2.75, 3.05) is 6.61 Å². The number of cyclic esters (lactones) is 1. The fourth-order valence-corrected chi connectivity index (χ4v) is 5.65. The Morgan fingerprint density at radius 2 is 1.55 bits per heavy atom. The van der Waals surface area contributed by atoms with Crippen LogP contribution in [0.1, 0.15) is 65.5 Å². The highest BCUT2D eigenvalue weighted by Crippen LogP contribution is 2.27. The molecule has 0 aliphatic carbocycles. The molecule has 1 fully saturated rings. The van der Waals surface area contributed by atoms with E-state index >= 15 is 0 Å².